The molecule has 0 saturated carbocycles. The normalized spacial score (nSPS) is 16.0. The van der Waals surface area contributed by atoms with Crippen LogP contribution >= 0.6 is 11.3 Å². The molecule has 0 atom stereocenters. The number of hydrogen-bond donors (Lipinski definition) is 0. The molecular weight excluding hydrogens is 382 g/mol. The Bertz CT molecular complexity index is 1130. The van der Waals surface area contributed by atoms with E-state index in [1.807, 2.05) is 4.90 Å². The Kier molecular flexibility index (Phi) is 3.93. The zero-order valence-corrected chi connectivity index (χ0v) is 15.9. The van der Waals surface area contributed by atoms with Crippen molar-refractivity contribution in [2.75, 3.05) is 37.9 Å². The van der Waals surface area contributed by atoms with Gasteiger partial charge in [-0.05, 0) is 25.1 Å². The molecule has 10 heteroatoms. The summed E-state index contributed by atoms with van der Waals surface area (Å²) in [7, 11) is 0. The van der Waals surface area contributed by atoms with Crippen LogP contribution in [0.5, 0.6) is 11.5 Å². The molecule has 3 aromatic rings. The van der Waals surface area contributed by atoms with E-state index < -0.39 is 0 Å². The Morgan fingerprint density at radius 3 is 2.71 bits per heavy atom. The summed E-state index contributed by atoms with van der Waals surface area (Å²) in [6.07, 6.45) is 0. The van der Waals surface area contributed by atoms with E-state index in [0.29, 0.717) is 53.9 Å². The number of rotatable bonds is 2. The number of piperazine rings is 1. The van der Waals surface area contributed by atoms with Crippen LogP contribution in [-0.4, -0.2) is 58.4 Å². The van der Waals surface area contributed by atoms with E-state index in [1.165, 1.54) is 21.9 Å². The van der Waals surface area contributed by atoms with Crippen molar-refractivity contribution in [3.8, 4) is 11.5 Å². The van der Waals surface area contributed by atoms with E-state index in [-0.39, 0.29) is 18.3 Å². The van der Waals surface area contributed by atoms with Crippen molar-refractivity contribution >= 4 is 27.3 Å². The maximum absolute atomic E-state index is 12.8. The molecular formula is C18H17N5O4S. The summed E-state index contributed by atoms with van der Waals surface area (Å²) in [5.41, 5.74) is 1.09. The molecule has 1 amide bonds. The summed E-state index contributed by atoms with van der Waals surface area (Å²) in [5.74, 6) is 1.24. The molecule has 28 heavy (non-hydrogen) atoms. The number of anilines is 1. The molecule has 5 rings (SSSR count). The minimum Gasteiger partial charge on any atom is -0.454 e. The van der Waals surface area contributed by atoms with Crippen LogP contribution in [0.2, 0.25) is 0 Å². The second-order valence-electron chi connectivity index (χ2n) is 6.66. The number of aromatic nitrogens is 3. The average Bonchev–Trinajstić information content (AvgIpc) is 3.33. The van der Waals surface area contributed by atoms with Gasteiger partial charge in [0.05, 0.1) is 0 Å². The van der Waals surface area contributed by atoms with Crippen molar-refractivity contribution in [1.82, 2.24) is 19.5 Å². The third kappa shape index (κ3) is 2.85. The predicted molar refractivity (Wildman–Crippen MR) is 103 cm³/mol. The molecule has 0 radical (unpaired) electrons. The van der Waals surface area contributed by atoms with E-state index in [0.717, 1.165) is 5.13 Å². The van der Waals surface area contributed by atoms with E-state index >= 15 is 0 Å². The predicted octanol–water partition coefficient (Wildman–Crippen LogP) is 1.15. The second-order valence-corrected chi connectivity index (χ2v) is 7.60. The highest BCUT2D eigenvalue weighted by molar-refractivity contribution is 7.20. The fraction of sp³-hybridized carbons (Fsp3) is 0.333. The van der Waals surface area contributed by atoms with Gasteiger partial charge in [0.1, 0.15) is 0 Å². The van der Waals surface area contributed by atoms with Crippen molar-refractivity contribution in [2.45, 2.75) is 6.92 Å². The molecule has 0 N–H and O–H groups in total. The lowest BCUT2D eigenvalue weighted by Crippen LogP contribution is -2.48. The minimum atomic E-state index is -0.179. The Labute approximate surface area is 163 Å². The number of fused-ring (bicyclic) bond motifs is 2. The number of ether oxygens (including phenoxy) is 2. The van der Waals surface area contributed by atoms with Crippen molar-refractivity contribution in [2.24, 2.45) is 0 Å². The zero-order chi connectivity index (χ0) is 19.3. The van der Waals surface area contributed by atoms with E-state index in [2.05, 4.69) is 15.0 Å². The van der Waals surface area contributed by atoms with Gasteiger partial charge in [-0.15, -0.1) is 5.10 Å². The Hall–Kier alpha value is -3.14. The first-order chi connectivity index (χ1) is 13.6. The molecule has 0 bridgehead atoms. The van der Waals surface area contributed by atoms with Crippen LogP contribution in [0.1, 0.15) is 16.1 Å². The Morgan fingerprint density at radius 2 is 1.89 bits per heavy atom. The lowest BCUT2D eigenvalue weighted by atomic mass is 10.1. The van der Waals surface area contributed by atoms with Crippen LogP contribution in [-0.2, 0) is 0 Å². The Morgan fingerprint density at radius 1 is 1.11 bits per heavy atom. The van der Waals surface area contributed by atoms with Gasteiger partial charge in [0.15, 0.2) is 11.5 Å². The highest BCUT2D eigenvalue weighted by Gasteiger charge is 2.26. The molecule has 1 aromatic carbocycles. The van der Waals surface area contributed by atoms with Crippen LogP contribution < -0.4 is 19.9 Å². The first-order valence-corrected chi connectivity index (χ1v) is 9.71. The second kappa shape index (κ2) is 6.48. The third-order valence-electron chi connectivity index (χ3n) is 4.82. The maximum atomic E-state index is 12.8. The first kappa shape index (κ1) is 17.0. The molecule has 0 spiro atoms. The summed E-state index contributed by atoms with van der Waals surface area (Å²) in [6, 6.07) is 6.72. The molecule has 0 unspecified atom stereocenters. The molecule has 9 nitrogen and oxygen atoms in total. The van der Waals surface area contributed by atoms with E-state index in [9.17, 15) is 9.59 Å². The summed E-state index contributed by atoms with van der Waals surface area (Å²) in [5, 5.41) is 5.14. The van der Waals surface area contributed by atoms with Gasteiger partial charge in [0.2, 0.25) is 16.9 Å². The summed E-state index contributed by atoms with van der Waals surface area (Å²) >= 11 is 1.38. The van der Waals surface area contributed by atoms with Gasteiger partial charge in [-0.3, -0.25) is 9.59 Å². The van der Waals surface area contributed by atoms with Crippen molar-refractivity contribution in [3.05, 3.63) is 45.9 Å². The number of nitrogens with zero attached hydrogens (tertiary/aromatic N) is 5. The maximum Gasteiger partial charge on any atom is 0.275 e. The standard InChI is InChI=1S/C18H17N5O4S/c1-11-8-15(24)23-17(19-11)28-18(20-23)22-6-4-21(5-7-22)16(25)12-2-3-13-14(9-12)27-10-26-13/h2-3,8-9H,4-7,10H2,1H3. The van der Waals surface area contributed by atoms with Gasteiger partial charge in [-0.1, -0.05) is 11.3 Å². The largest absolute Gasteiger partial charge is 0.454 e. The number of amides is 1. The molecule has 2 aromatic heterocycles. The lowest BCUT2D eigenvalue weighted by molar-refractivity contribution is 0.0746. The van der Waals surface area contributed by atoms with E-state index in [4.69, 9.17) is 9.47 Å². The number of hydrogen-bond acceptors (Lipinski definition) is 8. The average molecular weight is 399 g/mol. The summed E-state index contributed by atoms with van der Waals surface area (Å²) < 4.78 is 12.0. The van der Waals surface area contributed by atoms with Gasteiger partial charge >= 0.3 is 0 Å². The quantitative estimate of drug-likeness (QED) is 0.639. The van der Waals surface area contributed by atoms with Crippen LogP contribution in [0, 0.1) is 6.92 Å². The number of aryl methyl sites for hydroxylation is 1. The highest BCUT2D eigenvalue weighted by atomic mass is 32.1. The van der Waals surface area contributed by atoms with Gasteiger partial charge in [0, 0.05) is 43.5 Å². The van der Waals surface area contributed by atoms with Crippen molar-refractivity contribution in [3.63, 3.8) is 0 Å². The molecule has 1 saturated heterocycles. The fourth-order valence-electron chi connectivity index (χ4n) is 3.35. The number of benzene rings is 1. The number of carbonyl (C=O) groups is 1. The minimum absolute atomic E-state index is 0.0317. The highest BCUT2D eigenvalue weighted by Crippen LogP contribution is 2.33. The summed E-state index contributed by atoms with van der Waals surface area (Å²) in [4.78, 5) is 33.7. The van der Waals surface area contributed by atoms with Gasteiger partial charge in [0.25, 0.3) is 11.5 Å². The SMILES string of the molecule is Cc1cc(=O)n2nc(N3CCN(C(=O)c4ccc5c(c4)OCO5)CC3)sc2n1. The van der Waals surface area contributed by atoms with E-state index in [1.54, 1.807) is 25.1 Å². The van der Waals surface area contributed by atoms with Crippen LogP contribution in [0.3, 0.4) is 0 Å². The van der Waals surface area contributed by atoms with Crippen LogP contribution in [0.4, 0.5) is 5.13 Å². The van der Waals surface area contributed by atoms with Gasteiger partial charge in [-0.25, -0.2) is 4.98 Å². The molecule has 1 fully saturated rings. The Balaban J connectivity index is 1.30. The smallest absolute Gasteiger partial charge is 0.275 e. The molecule has 2 aliphatic heterocycles. The lowest BCUT2D eigenvalue weighted by Gasteiger charge is -2.34. The van der Waals surface area contributed by atoms with Crippen molar-refractivity contribution in [1.29, 1.82) is 0 Å². The molecule has 0 aliphatic carbocycles. The van der Waals surface area contributed by atoms with Crippen LogP contribution in [0.25, 0.3) is 4.96 Å². The first-order valence-electron chi connectivity index (χ1n) is 8.90. The van der Waals surface area contributed by atoms with Gasteiger partial charge < -0.3 is 19.3 Å². The van der Waals surface area contributed by atoms with Crippen molar-refractivity contribution < 1.29 is 14.3 Å². The third-order valence-corrected chi connectivity index (χ3v) is 5.79. The van der Waals surface area contributed by atoms with Gasteiger partial charge in [-0.2, -0.15) is 4.52 Å². The fourth-order valence-corrected chi connectivity index (χ4v) is 4.36. The summed E-state index contributed by atoms with van der Waals surface area (Å²) in [6.45, 7) is 4.41. The molecule has 2 aliphatic rings. The monoisotopic (exact) mass is 399 g/mol. The number of carbonyl (C=O) groups excluding carboxylic acids is 1. The zero-order valence-electron chi connectivity index (χ0n) is 15.1. The van der Waals surface area contributed by atoms with Crippen LogP contribution in [0.15, 0.2) is 29.1 Å². The molecule has 144 valence electrons. The molecule has 4 heterocycles. The topological polar surface area (TPSA) is 89.3 Å².